The van der Waals surface area contributed by atoms with Gasteiger partial charge in [-0.15, -0.1) is 12.4 Å². The van der Waals surface area contributed by atoms with Gasteiger partial charge in [-0.05, 0) is 25.2 Å². The first-order valence-corrected chi connectivity index (χ1v) is 10.2. The molecule has 3 aliphatic rings. The smallest absolute Gasteiger partial charge is 0.214 e. The molecule has 5 nitrogen and oxygen atoms in total. The summed E-state index contributed by atoms with van der Waals surface area (Å²) in [5.41, 5.74) is 0. The Hall–Kier alpha value is 0.120. The molecule has 0 aromatic carbocycles. The molecule has 0 aromatic rings. The molecule has 22 heavy (non-hydrogen) atoms. The van der Waals surface area contributed by atoms with Crippen LogP contribution >= 0.6 is 12.4 Å². The van der Waals surface area contributed by atoms with Crippen LogP contribution < -0.4 is 5.32 Å². The first kappa shape index (κ1) is 18.5. The SMILES string of the molecule is Cl.O=S(=O)(CC1CCCCC1)N1CCC(N2CCNCC2)C1. The minimum Gasteiger partial charge on any atom is -0.314 e. The summed E-state index contributed by atoms with van der Waals surface area (Å²) in [6.45, 7) is 5.62. The van der Waals surface area contributed by atoms with Crippen molar-refractivity contribution >= 4 is 22.4 Å². The molecule has 2 aliphatic heterocycles. The van der Waals surface area contributed by atoms with Crippen LogP contribution in [0, 0.1) is 5.92 Å². The Balaban J connectivity index is 0.00000176. The van der Waals surface area contributed by atoms with Gasteiger partial charge in [0.15, 0.2) is 0 Å². The number of nitrogens with one attached hydrogen (secondary N) is 1. The minimum atomic E-state index is -3.04. The molecule has 3 rings (SSSR count). The van der Waals surface area contributed by atoms with Gasteiger partial charge < -0.3 is 5.32 Å². The highest BCUT2D eigenvalue weighted by molar-refractivity contribution is 7.89. The molecule has 2 heterocycles. The Labute approximate surface area is 141 Å². The van der Waals surface area contributed by atoms with E-state index in [1.54, 1.807) is 4.31 Å². The average Bonchev–Trinajstić information content (AvgIpc) is 2.99. The second kappa shape index (κ2) is 8.29. The molecular formula is C15H30ClN3O2S. The third-order valence-corrected chi connectivity index (χ3v) is 7.37. The van der Waals surface area contributed by atoms with Gasteiger partial charge in [0.2, 0.25) is 10.0 Å². The number of halogens is 1. The molecule has 130 valence electrons. The van der Waals surface area contributed by atoms with E-state index < -0.39 is 10.0 Å². The summed E-state index contributed by atoms with van der Waals surface area (Å²) in [6.07, 6.45) is 6.92. The number of piperazine rings is 1. The third kappa shape index (κ3) is 4.57. The quantitative estimate of drug-likeness (QED) is 0.829. The van der Waals surface area contributed by atoms with Crippen molar-refractivity contribution in [1.29, 1.82) is 0 Å². The summed E-state index contributed by atoms with van der Waals surface area (Å²) in [6, 6.07) is 0.438. The predicted molar refractivity (Wildman–Crippen MR) is 92.0 cm³/mol. The molecular weight excluding hydrogens is 322 g/mol. The second-order valence-electron chi connectivity index (χ2n) is 6.87. The van der Waals surface area contributed by atoms with E-state index in [0.717, 1.165) is 58.5 Å². The van der Waals surface area contributed by atoms with Crippen LogP contribution in [0.4, 0.5) is 0 Å². The number of nitrogens with zero attached hydrogens (tertiary/aromatic N) is 2. The van der Waals surface area contributed by atoms with E-state index in [4.69, 9.17) is 0 Å². The number of sulfonamides is 1. The van der Waals surface area contributed by atoms with Crippen LogP contribution in [-0.2, 0) is 10.0 Å². The van der Waals surface area contributed by atoms with Crippen LogP contribution in [0.2, 0.25) is 0 Å². The van der Waals surface area contributed by atoms with Crippen LogP contribution in [0.3, 0.4) is 0 Å². The van der Waals surface area contributed by atoms with Gasteiger partial charge in [-0.2, -0.15) is 0 Å². The molecule has 0 bridgehead atoms. The van der Waals surface area contributed by atoms with E-state index in [0.29, 0.717) is 17.7 Å². The average molecular weight is 352 g/mol. The molecule has 0 spiro atoms. The summed E-state index contributed by atoms with van der Waals surface area (Å²) in [4.78, 5) is 2.46. The third-order valence-electron chi connectivity index (χ3n) is 5.36. The minimum absolute atomic E-state index is 0. The van der Waals surface area contributed by atoms with Crippen LogP contribution in [0.15, 0.2) is 0 Å². The van der Waals surface area contributed by atoms with Gasteiger partial charge in [-0.3, -0.25) is 4.90 Å². The van der Waals surface area contributed by atoms with Crippen molar-refractivity contribution in [3.8, 4) is 0 Å². The molecule has 0 amide bonds. The molecule has 1 saturated carbocycles. The van der Waals surface area contributed by atoms with E-state index >= 15 is 0 Å². The molecule has 7 heteroatoms. The highest BCUT2D eigenvalue weighted by Crippen LogP contribution is 2.27. The van der Waals surface area contributed by atoms with Crippen molar-refractivity contribution in [2.75, 3.05) is 45.0 Å². The van der Waals surface area contributed by atoms with Crippen molar-refractivity contribution in [2.24, 2.45) is 5.92 Å². The van der Waals surface area contributed by atoms with Crippen LogP contribution in [-0.4, -0.2) is 68.7 Å². The summed E-state index contributed by atoms with van der Waals surface area (Å²) < 4.78 is 27.0. The second-order valence-corrected chi connectivity index (χ2v) is 8.88. The summed E-state index contributed by atoms with van der Waals surface area (Å²) >= 11 is 0. The number of hydrogen-bond acceptors (Lipinski definition) is 4. The van der Waals surface area contributed by atoms with Gasteiger partial charge in [0.1, 0.15) is 0 Å². The van der Waals surface area contributed by atoms with E-state index in [9.17, 15) is 8.42 Å². The topological polar surface area (TPSA) is 52.7 Å². The van der Waals surface area contributed by atoms with E-state index in [1.165, 1.54) is 19.3 Å². The van der Waals surface area contributed by atoms with Gasteiger partial charge in [0.05, 0.1) is 5.75 Å². The molecule has 1 unspecified atom stereocenters. The van der Waals surface area contributed by atoms with Gasteiger partial charge in [-0.25, -0.2) is 12.7 Å². The lowest BCUT2D eigenvalue weighted by molar-refractivity contribution is 0.179. The largest absolute Gasteiger partial charge is 0.314 e. The number of hydrogen-bond donors (Lipinski definition) is 1. The van der Waals surface area contributed by atoms with E-state index in [1.807, 2.05) is 0 Å². The highest BCUT2D eigenvalue weighted by atomic mass is 35.5. The van der Waals surface area contributed by atoms with Crippen molar-refractivity contribution in [3.05, 3.63) is 0 Å². The fourth-order valence-electron chi connectivity index (χ4n) is 4.07. The zero-order valence-corrected chi connectivity index (χ0v) is 15.0. The maximum atomic E-state index is 12.6. The van der Waals surface area contributed by atoms with E-state index in [-0.39, 0.29) is 12.4 Å². The molecule has 0 aromatic heterocycles. The van der Waals surface area contributed by atoms with Gasteiger partial charge in [0, 0.05) is 45.3 Å². The van der Waals surface area contributed by atoms with Crippen LogP contribution in [0.1, 0.15) is 38.5 Å². The van der Waals surface area contributed by atoms with E-state index in [2.05, 4.69) is 10.2 Å². The Morgan fingerprint density at radius 1 is 0.955 bits per heavy atom. The number of rotatable bonds is 4. The monoisotopic (exact) mass is 351 g/mol. The molecule has 1 aliphatic carbocycles. The lowest BCUT2D eigenvalue weighted by Gasteiger charge is -2.32. The van der Waals surface area contributed by atoms with Gasteiger partial charge in [0.25, 0.3) is 0 Å². The lowest BCUT2D eigenvalue weighted by Crippen LogP contribution is -2.49. The Morgan fingerprint density at radius 3 is 2.32 bits per heavy atom. The van der Waals surface area contributed by atoms with Crippen molar-refractivity contribution < 1.29 is 8.42 Å². The summed E-state index contributed by atoms with van der Waals surface area (Å²) in [7, 11) is -3.04. The lowest BCUT2D eigenvalue weighted by atomic mass is 9.91. The first-order chi connectivity index (χ1) is 10.1. The molecule has 3 fully saturated rings. The molecule has 0 radical (unpaired) electrons. The van der Waals surface area contributed by atoms with Gasteiger partial charge in [-0.1, -0.05) is 19.3 Å². The summed E-state index contributed by atoms with van der Waals surface area (Å²) in [5, 5.41) is 3.36. The zero-order chi connectivity index (χ0) is 14.7. The molecule has 2 saturated heterocycles. The van der Waals surface area contributed by atoms with Crippen molar-refractivity contribution in [1.82, 2.24) is 14.5 Å². The van der Waals surface area contributed by atoms with Crippen LogP contribution in [0.5, 0.6) is 0 Å². The Morgan fingerprint density at radius 2 is 1.64 bits per heavy atom. The Bertz CT molecular complexity index is 434. The predicted octanol–water partition coefficient (Wildman–Crippen LogP) is 1.30. The first-order valence-electron chi connectivity index (χ1n) is 8.58. The Kier molecular flexibility index (Phi) is 6.95. The molecule has 1 atom stereocenters. The van der Waals surface area contributed by atoms with Crippen LogP contribution in [0.25, 0.3) is 0 Å². The standard InChI is InChI=1S/C15H29N3O2S.ClH/c19-21(20,13-14-4-2-1-3-5-14)18-9-6-15(12-18)17-10-7-16-8-11-17;/h14-16H,1-13H2;1H. The van der Waals surface area contributed by atoms with Gasteiger partial charge >= 0.3 is 0 Å². The normalized spacial score (nSPS) is 29.4. The zero-order valence-electron chi connectivity index (χ0n) is 13.4. The maximum absolute atomic E-state index is 12.6. The summed E-state index contributed by atoms with van der Waals surface area (Å²) in [5.74, 6) is 0.795. The van der Waals surface area contributed by atoms with Crippen molar-refractivity contribution in [2.45, 2.75) is 44.6 Å². The van der Waals surface area contributed by atoms with Crippen molar-refractivity contribution in [3.63, 3.8) is 0 Å². The fraction of sp³-hybridized carbons (Fsp3) is 1.00. The molecule has 1 N–H and O–H groups in total. The fourth-order valence-corrected chi connectivity index (χ4v) is 5.99. The highest BCUT2D eigenvalue weighted by Gasteiger charge is 2.35. The maximum Gasteiger partial charge on any atom is 0.214 e.